The highest BCUT2D eigenvalue weighted by molar-refractivity contribution is 5.81. The molecule has 1 fully saturated rings. The van der Waals surface area contributed by atoms with Crippen LogP contribution in [0.15, 0.2) is 0 Å². The molecule has 0 aromatic carbocycles. The van der Waals surface area contributed by atoms with Gasteiger partial charge in [0.2, 0.25) is 0 Å². The van der Waals surface area contributed by atoms with Gasteiger partial charge >= 0.3 is 0 Å². The zero-order valence-corrected chi connectivity index (χ0v) is 17.1. The Balaban J connectivity index is 0.000000189. The lowest BCUT2D eigenvalue weighted by Gasteiger charge is -2.11. The third-order valence-electron chi connectivity index (χ3n) is 5.85. The molecule has 0 N–H and O–H groups in total. The molecule has 2 heteroatoms. The van der Waals surface area contributed by atoms with Crippen LogP contribution < -0.4 is 0 Å². The smallest absolute Gasteiger partial charge is 0.161 e. The lowest BCUT2D eigenvalue weighted by molar-refractivity contribution is -0.127. The van der Waals surface area contributed by atoms with Crippen LogP contribution in [0.25, 0.3) is 0 Å². The predicted octanol–water partition coefficient (Wildman–Crippen LogP) is 5.26. The maximum Gasteiger partial charge on any atom is 0.161 e. The van der Waals surface area contributed by atoms with Crippen molar-refractivity contribution in [3.8, 4) is 23.7 Å². The molecule has 3 aliphatic carbocycles. The zero-order chi connectivity index (χ0) is 18.9. The van der Waals surface area contributed by atoms with Crippen molar-refractivity contribution < 1.29 is 9.53 Å². The van der Waals surface area contributed by atoms with E-state index in [-0.39, 0.29) is 24.4 Å². The molecular formula is C24H36O2. The Morgan fingerprint density at radius 3 is 2.15 bits per heavy atom. The number of fused-ring (bicyclic) bond motifs is 1. The summed E-state index contributed by atoms with van der Waals surface area (Å²) in [5.74, 6) is 16.9. The third kappa shape index (κ3) is 6.81. The van der Waals surface area contributed by atoms with Crippen molar-refractivity contribution in [3.05, 3.63) is 0 Å². The van der Waals surface area contributed by atoms with Crippen LogP contribution in [0.4, 0.5) is 0 Å². The van der Waals surface area contributed by atoms with Crippen LogP contribution >= 0.6 is 0 Å². The fourth-order valence-corrected chi connectivity index (χ4v) is 4.21. The van der Waals surface area contributed by atoms with Gasteiger partial charge in [0.05, 0.1) is 0 Å². The molecule has 26 heavy (non-hydrogen) atoms. The summed E-state index contributed by atoms with van der Waals surface area (Å²) in [5.41, 5.74) is 0. The van der Waals surface area contributed by atoms with E-state index in [2.05, 4.69) is 37.5 Å². The number of carbonyl (C=O) groups excluding carboxylic acids is 1. The number of ether oxygens (including phenoxy) is 1. The first-order valence-electron chi connectivity index (χ1n) is 10.6. The van der Waals surface area contributed by atoms with Gasteiger partial charge in [-0.1, -0.05) is 33.6 Å². The monoisotopic (exact) mass is 356 g/mol. The average molecular weight is 357 g/mol. The normalized spacial score (nSPS) is 29.5. The van der Waals surface area contributed by atoms with E-state index < -0.39 is 0 Å². The lowest BCUT2D eigenvalue weighted by atomic mass is 10.0. The number of rotatable bonds is 5. The maximum absolute atomic E-state index is 11.3. The molecule has 0 spiro atoms. The van der Waals surface area contributed by atoms with Gasteiger partial charge in [-0.25, -0.2) is 0 Å². The van der Waals surface area contributed by atoms with Gasteiger partial charge in [0.15, 0.2) is 5.78 Å². The van der Waals surface area contributed by atoms with Crippen LogP contribution in [0.3, 0.4) is 0 Å². The van der Waals surface area contributed by atoms with Crippen molar-refractivity contribution in [2.45, 2.75) is 85.2 Å². The van der Waals surface area contributed by atoms with Gasteiger partial charge in [-0.3, -0.25) is 4.79 Å². The number of carbonyl (C=O) groups is 1. The second kappa shape index (κ2) is 10.8. The number of hydrogen-bond acceptors (Lipinski definition) is 2. The molecule has 3 atom stereocenters. The molecule has 0 aromatic heterocycles. The molecule has 2 nitrogen and oxygen atoms in total. The fraction of sp³-hybridized carbons (Fsp3) is 0.792. The number of ketones is 1. The van der Waals surface area contributed by atoms with Crippen molar-refractivity contribution in [2.75, 3.05) is 6.61 Å². The third-order valence-corrected chi connectivity index (χ3v) is 5.85. The highest BCUT2D eigenvalue weighted by atomic mass is 16.5. The van der Waals surface area contributed by atoms with E-state index in [0.717, 1.165) is 62.2 Å². The predicted molar refractivity (Wildman–Crippen MR) is 107 cm³/mol. The molecular weight excluding hydrogens is 320 g/mol. The van der Waals surface area contributed by atoms with Gasteiger partial charge in [-0.2, -0.15) is 0 Å². The molecule has 0 amide bonds. The Morgan fingerprint density at radius 1 is 0.923 bits per heavy atom. The lowest BCUT2D eigenvalue weighted by Crippen LogP contribution is -2.20. The standard InChI is InChI=1S/C12H18O2.C12H18/c1-10(2)12(13)9-14-11-7-5-3-4-6-8-11;1-9(2)12-10-7-5-3-4-6-8-11(10)12/h10-11H,3-5,7,9H2,1-2H3;9-12H,5-8H2,1-2H3. The Bertz CT molecular complexity index is 548. The molecule has 0 radical (unpaired) electrons. The summed E-state index contributed by atoms with van der Waals surface area (Å²) >= 11 is 0. The van der Waals surface area contributed by atoms with E-state index in [0.29, 0.717) is 0 Å². The molecule has 144 valence electrons. The summed E-state index contributed by atoms with van der Waals surface area (Å²) < 4.78 is 5.46. The van der Waals surface area contributed by atoms with Gasteiger partial charge in [0, 0.05) is 25.2 Å². The zero-order valence-electron chi connectivity index (χ0n) is 17.1. The van der Waals surface area contributed by atoms with E-state index in [1.165, 1.54) is 12.8 Å². The Hall–Kier alpha value is -1.25. The first-order valence-corrected chi connectivity index (χ1v) is 10.6. The summed E-state index contributed by atoms with van der Waals surface area (Å²) in [6.07, 6.45) is 9.29. The van der Waals surface area contributed by atoms with E-state index in [9.17, 15) is 4.79 Å². The molecule has 0 heterocycles. The first kappa shape index (κ1) is 21.1. The molecule has 0 bridgehead atoms. The summed E-state index contributed by atoms with van der Waals surface area (Å²) in [5, 5.41) is 0. The molecule has 1 saturated carbocycles. The van der Waals surface area contributed by atoms with E-state index >= 15 is 0 Å². The van der Waals surface area contributed by atoms with Crippen LogP contribution in [0.5, 0.6) is 0 Å². The molecule has 3 rings (SSSR count). The molecule has 0 aliphatic heterocycles. The van der Waals surface area contributed by atoms with Crippen molar-refractivity contribution >= 4 is 5.78 Å². The van der Waals surface area contributed by atoms with E-state index in [4.69, 9.17) is 4.74 Å². The highest BCUT2D eigenvalue weighted by Gasteiger charge is 2.49. The molecule has 3 aliphatic rings. The second-order valence-electron chi connectivity index (χ2n) is 8.57. The largest absolute Gasteiger partial charge is 0.358 e. The van der Waals surface area contributed by atoms with Gasteiger partial charge in [-0.15, -0.1) is 17.8 Å². The molecule has 0 saturated heterocycles. The van der Waals surface area contributed by atoms with Gasteiger partial charge in [-0.05, 0) is 55.8 Å². The Labute approximate surface area is 160 Å². The van der Waals surface area contributed by atoms with Crippen LogP contribution in [0.1, 0.15) is 79.1 Å². The summed E-state index contributed by atoms with van der Waals surface area (Å²) in [7, 11) is 0. The van der Waals surface area contributed by atoms with Crippen molar-refractivity contribution in [3.63, 3.8) is 0 Å². The SMILES string of the molecule is CC(C)C(=O)COC1C#CCCCC1.CC(C)C1C2CCC#CCCC21. The Kier molecular flexibility index (Phi) is 8.74. The molecule has 3 unspecified atom stereocenters. The number of hydrogen-bond donors (Lipinski definition) is 0. The van der Waals surface area contributed by atoms with Crippen LogP contribution in [-0.4, -0.2) is 18.5 Å². The topological polar surface area (TPSA) is 26.3 Å². The van der Waals surface area contributed by atoms with Gasteiger partial charge < -0.3 is 4.74 Å². The van der Waals surface area contributed by atoms with Crippen molar-refractivity contribution in [1.82, 2.24) is 0 Å². The minimum absolute atomic E-state index is 0.0137. The van der Waals surface area contributed by atoms with Gasteiger partial charge in [0.25, 0.3) is 0 Å². The average Bonchev–Trinajstić information content (AvgIpc) is 3.31. The van der Waals surface area contributed by atoms with Crippen molar-refractivity contribution in [2.24, 2.45) is 29.6 Å². The first-order chi connectivity index (χ1) is 12.5. The van der Waals surface area contributed by atoms with Crippen LogP contribution in [0.2, 0.25) is 0 Å². The molecule has 0 aromatic rings. The van der Waals surface area contributed by atoms with Crippen LogP contribution in [0, 0.1) is 53.3 Å². The fourth-order valence-electron chi connectivity index (χ4n) is 4.21. The van der Waals surface area contributed by atoms with E-state index in [1.54, 1.807) is 0 Å². The highest BCUT2D eigenvalue weighted by Crippen LogP contribution is 2.55. The van der Waals surface area contributed by atoms with Gasteiger partial charge in [0.1, 0.15) is 12.7 Å². The quantitative estimate of drug-likeness (QED) is 0.628. The summed E-state index contributed by atoms with van der Waals surface area (Å²) in [6, 6.07) is 0. The van der Waals surface area contributed by atoms with E-state index in [1.807, 2.05) is 13.8 Å². The minimum atomic E-state index is -0.0137. The summed E-state index contributed by atoms with van der Waals surface area (Å²) in [6.45, 7) is 8.75. The summed E-state index contributed by atoms with van der Waals surface area (Å²) in [4.78, 5) is 11.3. The second-order valence-corrected chi connectivity index (χ2v) is 8.57. The minimum Gasteiger partial charge on any atom is -0.358 e. The van der Waals surface area contributed by atoms with Crippen molar-refractivity contribution in [1.29, 1.82) is 0 Å². The Morgan fingerprint density at radius 2 is 1.58 bits per heavy atom. The maximum atomic E-state index is 11.3. The number of Topliss-reactive ketones (excluding diaryl/α,β-unsaturated/α-hetero) is 1. The van der Waals surface area contributed by atoms with Crippen LogP contribution in [-0.2, 0) is 9.53 Å².